The summed E-state index contributed by atoms with van der Waals surface area (Å²) < 4.78 is 0. The zero-order chi connectivity index (χ0) is 15.0. The molecule has 1 N–H and O–H groups in total. The van der Waals surface area contributed by atoms with E-state index in [1.165, 1.54) is 11.8 Å². The molecular weight excluding hydrogens is 262 g/mol. The number of rotatable bonds is 9. The van der Waals surface area contributed by atoms with Gasteiger partial charge in [-0.25, -0.2) is 0 Å². The molecule has 1 atom stereocenters. The van der Waals surface area contributed by atoms with Crippen LogP contribution >= 0.6 is 11.8 Å². The van der Waals surface area contributed by atoms with Gasteiger partial charge < -0.3 is 10.0 Å². The maximum Gasteiger partial charge on any atom is 0.304 e. The molecule has 4 nitrogen and oxygen atoms in total. The number of carbonyl (C=O) groups is 2. The second kappa shape index (κ2) is 9.23. The zero-order valence-corrected chi connectivity index (χ0v) is 13.5. The molecule has 0 aliphatic rings. The van der Waals surface area contributed by atoms with E-state index in [1.807, 2.05) is 11.8 Å². The van der Waals surface area contributed by atoms with Crippen LogP contribution in [0.25, 0.3) is 0 Å². The summed E-state index contributed by atoms with van der Waals surface area (Å²) in [5, 5.41) is 8.66. The molecule has 1 unspecified atom stereocenters. The van der Waals surface area contributed by atoms with Crippen LogP contribution in [0.1, 0.15) is 41.0 Å². The van der Waals surface area contributed by atoms with E-state index in [4.69, 9.17) is 5.11 Å². The molecule has 0 saturated heterocycles. The molecule has 0 spiro atoms. The van der Waals surface area contributed by atoms with E-state index in [0.29, 0.717) is 17.6 Å². The van der Waals surface area contributed by atoms with Gasteiger partial charge in [-0.2, -0.15) is 0 Å². The average molecular weight is 289 g/mol. The van der Waals surface area contributed by atoms with Gasteiger partial charge in [-0.1, -0.05) is 34.6 Å². The molecule has 0 aromatic rings. The largest absolute Gasteiger partial charge is 0.481 e. The minimum atomic E-state index is -0.811. The molecule has 0 heterocycles. The molecular formula is C14H27NO3S. The number of nitrogens with zero attached hydrogens (tertiary/aromatic N) is 1. The van der Waals surface area contributed by atoms with Crippen molar-refractivity contribution in [3.05, 3.63) is 0 Å². The van der Waals surface area contributed by atoms with Crippen molar-refractivity contribution in [2.24, 2.45) is 11.8 Å². The molecule has 0 saturated carbocycles. The number of carboxylic acid groups (broad SMARTS) is 1. The average Bonchev–Trinajstić information content (AvgIpc) is 2.22. The van der Waals surface area contributed by atoms with Crippen LogP contribution in [0.3, 0.4) is 0 Å². The minimum Gasteiger partial charge on any atom is -0.481 e. The Morgan fingerprint density at radius 1 is 1.05 bits per heavy atom. The lowest BCUT2D eigenvalue weighted by molar-refractivity contribution is -0.137. The van der Waals surface area contributed by atoms with E-state index in [-0.39, 0.29) is 17.6 Å². The molecule has 0 aromatic carbocycles. The monoisotopic (exact) mass is 289 g/mol. The molecule has 112 valence electrons. The summed E-state index contributed by atoms with van der Waals surface area (Å²) in [4.78, 5) is 24.6. The Labute approximate surface area is 120 Å². The minimum absolute atomic E-state index is 0.0265. The van der Waals surface area contributed by atoms with Crippen molar-refractivity contribution in [1.29, 1.82) is 0 Å². The SMILES string of the molecule is CC(C)CN(CC(C)C)C(=O)CSC(C)CC(=O)O. The molecule has 0 rings (SSSR count). The highest BCUT2D eigenvalue weighted by molar-refractivity contribution is 8.00. The van der Waals surface area contributed by atoms with Crippen LogP contribution in [0.2, 0.25) is 0 Å². The number of carboxylic acids is 1. The molecule has 0 aromatic heterocycles. The van der Waals surface area contributed by atoms with E-state index in [0.717, 1.165) is 13.1 Å². The van der Waals surface area contributed by atoms with Crippen molar-refractivity contribution < 1.29 is 14.7 Å². The first-order valence-electron chi connectivity index (χ1n) is 6.83. The number of hydrogen-bond donors (Lipinski definition) is 1. The van der Waals surface area contributed by atoms with Gasteiger partial charge in [0.25, 0.3) is 0 Å². The van der Waals surface area contributed by atoms with Crippen LogP contribution in [0.4, 0.5) is 0 Å². The maximum atomic E-state index is 12.2. The van der Waals surface area contributed by atoms with Gasteiger partial charge in [0.05, 0.1) is 12.2 Å². The lowest BCUT2D eigenvalue weighted by atomic mass is 10.1. The number of carbonyl (C=O) groups excluding carboxylic acids is 1. The van der Waals surface area contributed by atoms with E-state index in [1.54, 1.807) is 0 Å². The van der Waals surface area contributed by atoms with Crippen LogP contribution in [-0.2, 0) is 9.59 Å². The van der Waals surface area contributed by atoms with Gasteiger partial charge in [0.1, 0.15) is 0 Å². The summed E-state index contributed by atoms with van der Waals surface area (Å²) in [6.45, 7) is 11.8. The number of amides is 1. The van der Waals surface area contributed by atoms with Crippen molar-refractivity contribution >= 4 is 23.6 Å². The van der Waals surface area contributed by atoms with Crippen LogP contribution < -0.4 is 0 Å². The van der Waals surface area contributed by atoms with Gasteiger partial charge in [-0.05, 0) is 11.8 Å². The summed E-state index contributed by atoms with van der Waals surface area (Å²) in [7, 11) is 0. The van der Waals surface area contributed by atoms with Gasteiger partial charge in [-0.15, -0.1) is 11.8 Å². The standard InChI is InChI=1S/C14H27NO3S/c1-10(2)7-15(8-11(3)4)13(16)9-19-12(5)6-14(17)18/h10-12H,6-9H2,1-5H3,(H,17,18). The number of aliphatic carboxylic acids is 1. The predicted molar refractivity (Wildman–Crippen MR) is 80.4 cm³/mol. The van der Waals surface area contributed by atoms with Crippen molar-refractivity contribution in [3.63, 3.8) is 0 Å². The smallest absolute Gasteiger partial charge is 0.304 e. The lowest BCUT2D eigenvalue weighted by Gasteiger charge is -2.26. The Balaban J connectivity index is 4.27. The van der Waals surface area contributed by atoms with E-state index >= 15 is 0 Å². The topological polar surface area (TPSA) is 57.6 Å². The predicted octanol–water partition coefficient (Wildman–Crippen LogP) is 2.72. The molecule has 0 aliphatic heterocycles. The third-order valence-electron chi connectivity index (χ3n) is 2.48. The van der Waals surface area contributed by atoms with Gasteiger partial charge in [0.15, 0.2) is 0 Å². The summed E-state index contributed by atoms with van der Waals surface area (Å²) in [5.41, 5.74) is 0. The highest BCUT2D eigenvalue weighted by Gasteiger charge is 2.18. The Morgan fingerprint density at radius 3 is 1.89 bits per heavy atom. The van der Waals surface area contributed by atoms with Gasteiger partial charge >= 0.3 is 5.97 Å². The van der Waals surface area contributed by atoms with Crippen molar-refractivity contribution in [2.45, 2.75) is 46.3 Å². The van der Waals surface area contributed by atoms with Gasteiger partial charge in [-0.3, -0.25) is 9.59 Å². The first-order chi connectivity index (χ1) is 8.72. The Hall–Kier alpha value is -0.710. The Bertz CT molecular complexity index is 282. The molecule has 5 heteroatoms. The lowest BCUT2D eigenvalue weighted by Crippen LogP contribution is -2.38. The fourth-order valence-corrected chi connectivity index (χ4v) is 2.64. The fourth-order valence-electron chi connectivity index (χ4n) is 1.77. The van der Waals surface area contributed by atoms with Crippen LogP contribution in [-0.4, -0.2) is 46.0 Å². The summed E-state index contributed by atoms with van der Waals surface area (Å²) >= 11 is 1.42. The quantitative estimate of drug-likeness (QED) is 0.709. The second-order valence-electron chi connectivity index (χ2n) is 5.81. The molecule has 0 bridgehead atoms. The van der Waals surface area contributed by atoms with Gasteiger partial charge in [0.2, 0.25) is 5.91 Å². The Morgan fingerprint density at radius 2 is 1.53 bits per heavy atom. The molecule has 0 fully saturated rings. The number of hydrogen-bond acceptors (Lipinski definition) is 3. The molecule has 0 radical (unpaired) electrons. The molecule has 19 heavy (non-hydrogen) atoms. The highest BCUT2D eigenvalue weighted by atomic mass is 32.2. The number of thioether (sulfide) groups is 1. The van der Waals surface area contributed by atoms with E-state index in [9.17, 15) is 9.59 Å². The van der Waals surface area contributed by atoms with Crippen molar-refractivity contribution in [2.75, 3.05) is 18.8 Å². The van der Waals surface area contributed by atoms with Crippen LogP contribution in [0.15, 0.2) is 0 Å². The highest BCUT2D eigenvalue weighted by Crippen LogP contribution is 2.15. The second-order valence-corrected chi connectivity index (χ2v) is 7.23. The summed E-state index contributed by atoms with van der Waals surface area (Å²) in [6.07, 6.45) is 0.103. The molecule has 1 amide bonds. The van der Waals surface area contributed by atoms with Gasteiger partial charge in [0, 0.05) is 18.3 Å². The molecule has 0 aliphatic carbocycles. The summed E-state index contributed by atoms with van der Waals surface area (Å²) in [6, 6.07) is 0. The maximum absolute atomic E-state index is 12.2. The third kappa shape index (κ3) is 9.82. The van der Waals surface area contributed by atoms with Crippen molar-refractivity contribution in [3.8, 4) is 0 Å². The third-order valence-corrected chi connectivity index (χ3v) is 3.63. The normalized spacial score (nSPS) is 12.8. The first kappa shape index (κ1) is 18.3. The van der Waals surface area contributed by atoms with E-state index < -0.39 is 5.97 Å². The van der Waals surface area contributed by atoms with Crippen LogP contribution in [0.5, 0.6) is 0 Å². The van der Waals surface area contributed by atoms with E-state index in [2.05, 4.69) is 27.7 Å². The summed E-state index contributed by atoms with van der Waals surface area (Å²) in [5.74, 6) is 0.569. The van der Waals surface area contributed by atoms with Crippen molar-refractivity contribution in [1.82, 2.24) is 4.90 Å². The van der Waals surface area contributed by atoms with Crippen LogP contribution in [0, 0.1) is 11.8 Å². The Kier molecular flexibility index (Phi) is 8.89. The zero-order valence-electron chi connectivity index (χ0n) is 12.7. The fraction of sp³-hybridized carbons (Fsp3) is 0.857. The first-order valence-corrected chi connectivity index (χ1v) is 7.88.